The fourth-order valence-corrected chi connectivity index (χ4v) is 1.66. The van der Waals surface area contributed by atoms with Crippen molar-refractivity contribution in [3.8, 4) is 0 Å². The molecule has 4 heteroatoms. The minimum Gasteiger partial charge on any atom is -0.453 e. The van der Waals surface area contributed by atoms with Crippen molar-refractivity contribution in [2.45, 2.75) is 86.0 Å². The first kappa shape index (κ1) is 19.1. The van der Waals surface area contributed by atoms with Gasteiger partial charge in [0.05, 0.1) is 5.60 Å². The van der Waals surface area contributed by atoms with E-state index in [1.54, 1.807) is 13.8 Å². The highest BCUT2D eigenvalue weighted by atomic mass is 16.6. The summed E-state index contributed by atoms with van der Waals surface area (Å²) in [6.07, 6.45) is 0.0862. The van der Waals surface area contributed by atoms with Gasteiger partial charge in [-0.15, -0.1) is 0 Å². The van der Waals surface area contributed by atoms with Crippen molar-refractivity contribution in [2.24, 2.45) is 5.41 Å². The van der Waals surface area contributed by atoms with Gasteiger partial charge >= 0.3 is 5.97 Å². The van der Waals surface area contributed by atoms with Gasteiger partial charge < -0.3 is 9.47 Å². The Bertz CT molecular complexity index is 344. The predicted molar refractivity (Wildman–Crippen MR) is 79.6 cm³/mol. The summed E-state index contributed by atoms with van der Waals surface area (Å²) in [6.45, 7) is 14.8. The summed E-state index contributed by atoms with van der Waals surface area (Å²) in [7, 11) is 0. The normalized spacial score (nSPS) is 15.6. The summed E-state index contributed by atoms with van der Waals surface area (Å²) in [6, 6.07) is 0. The number of esters is 1. The van der Waals surface area contributed by atoms with E-state index in [2.05, 4.69) is 0 Å². The SMILES string of the molecule is CCC(C)(C)O[C@@H](C)C(=O)O[C@@H](C)C(=O)C(C)(C)CC. The van der Waals surface area contributed by atoms with E-state index in [9.17, 15) is 9.59 Å². The number of carbonyl (C=O) groups excluding carboxylic acids is 2. The van der Waals surface area contributed by atoms with Crippen LogP contribution >= 0.6 is 0 Å². The lowest BCUT2D eigenvalue weighted by molar-refractivity contribution is -0.174. The van der Waals surface area contributed by atoms with E-state index in [1.165, 1.54) is 0 Å². The molecule has 0 bridgehead atoms. The molecular formula is C16H30O4. The molecule has 118 valence electrons. The highest BCUT2D eigenvalue weighted by molar-refractivity contribution is 5.90. The fraction of sp³-hybridized carbons (Fsp3) is 0.875. The van der Waals surface area contributed by atoms with Crippen molar-refractivity contribution < 1.29 is 19.1 Å². The van der Waals surface area contributed by atoms with Crippen molar-refractivity contribution in [3.05, 3.63) is 0 Å². The van der Waals surface area contributed by atoms with Gasteiger partial charge in [0.1, 0.15) is 0 Å². The van der Waals surface area contributed by atoms with Gasteiger partial charge in [0.25, 0.3) is 0 Å². The van der Waals surface area contributed by atoms with Gasteiger partial charge in [0.2, 0.25) is 0 Å². The van der Waals surface area contributed by atoms with Gasteiger partial charge in [-0.3, -0.25) is 4.79 Å². The maximum absolute atomic E-state index is 12.2. The first-order chi connectivity index (χ1) is 8.96. The molecule has 0 fully saturated rings. The largest absolute Gasteiger partial charge is 0.453 e. The Morgan fingerprint density at radius 1 is 0.950 bits per heavy atom. The molecule has 0 heterocycles. The first-order valence-electron chi connectivity index (χ1n) is 7.39. The molecule has 0 rings (SSSR count). The molecule has 0 aromatic heterocycles. The summed E-state index contributed by atoms with van der Waals surface area (Å²) in [5.41, 5.74) is -0.860. The maximum atomic E-state index is 12.2. The smallest absolute Gasteiger partial charge is 0.335 e. The minimum absolute atomic E-state index is 0.0599. The van der Waals surface area contributed by atoms with Crippen molar-refractivity contribution >= 4 is 11.8 Å². The Morgan fingerprint density at radius 2 is 1.45 bits per heavy atom. The van der Waals surface area contributed by atoms with Gasteiger partial charge in [-0.25, -0.2) is 4.79 Å². The number of ether oxygens (including phenoxy) is 2. The lowest BCUT2D eigenvalue weighted by Crippen LogP contribution is -2.40. The number of rotatable bonds is 8. The van der Waals surface area contributed by atoms with Crippen LogP contribution in [0.3, 0.4) is 0 Å². The third-order valence-electron chi connectivity index (χ3n) is 3.89. The van der Waals surface area contributed by atoms with Crippen molar-refractivity contribution in [2.75, 3.05) is 0 Å². The van der Waals surface area contributed by atoms with E-state index in [-0.39, 0.29) is 11.4 Å². The lowest BCUT2D eigenvalue weighted by Gasteiger charge is -2.29. The van der Waals surface area contributed by atoms with E-state index >= 15 is 0 Å². The van der Waals surface area contributed by atoms with Gasteiger partial charge in [0, 0.05) is 5.41 Å². The van der Waals surface area contributed by atoms with Crippen LogP contribution in [0.1, 0.15) is 68.2 Å². The molecule has 0 saturated carbocycles. The van der Waals surface area contributed by atoms with E-state index in [4.69, 9.17) is 9.47 Å². The zero-order valence-electron chi connectivity index (χ0n) is 14.2. The predicted octanol–water partition coefficient (Wildman–Crippen LogP) is 3.52. The second kappa shape index (κ2) is 7.21. The molecule has 0 N–H and O–H groups in total. The second-order valence-electron chi connectivity index (χ2n) is 6.55. The third kappa shape index (κ3) is 5.61. The fourth-order valence-electron chi connectivity index (χ4n) is 1.66. The molecule has 2 atom stereocenters. The monoisotopic (exact) mass is 286 g/mol. The number of ketones is 1. The van der Waals surface area contributed by atoms with Crippen molar-refractivity contribution in [1.82, 2.24) is 0 Å². The second-order valence-corrected chi connectivity index (χ2v) is 6.55. The zero-order valence-corrected chi connectivity index (χ0v) is 14.2. The van der Waals surface area contributed by atoms with E-state index in [0.29, 0.717) is 6.42 Å². The molecule has 0 spiro atoms. The number of carbonyl (C=O) groups is 2. The van der Waals surface area contributed by atoms with E-state index in [0.717, 1.165) is 6.42 Å². The van der Waals surface area contributed by atoms with Crippen LogP contribution in [0.2, 0.25) is 0 Å². The number of hydrogen-bond acceptors (Lipinski definition) is 4. The van der Waals surface area contributed by atoms with Crippen molar-refractivity contribution in [3.63, 3.8) is 0 Å². The Balaban J connectivity index is 4.57. The molecule has 0 radical (unpaired) electrons. The van der Waals surface area contributed by atoms with Gasteiger partial charge in [-0.2, -0.15) is 0 Å². The summed E-state index contributed by atoms with van der Waals surface area (Å²) in [4.78, 5) is 24.1. The van der Waals surface area contributed by atoms with Crippen LogP contribution in [0.5, 0.6) is 0 Å². The maximum Gasteiger partial charge on any atom is 0.335 e. The summed E-state index contributed by atoms with van der Waals surface area (Å²) in [5.74, 6) is -0.547. The topological polar surface area (TPSA) is 52.6 Å². The molecule has 0 amide bonds. The van der Waals surface area contributed by atoms with Gasteiger partial charge in [0.15, 0.2) is 18.0 Å². The van der Waals surface area contributed by atoms with Crippen LogP contribution in [-0.2, 0) is 19.1 Å². The summed E-state index contributed by atoms with van der Waals surface area (Å²) < 4.78 is 10.9. The summed E-state index contributed by atoms with van der Waals surface area (Å²) in [5, 5.41) is 0. The van der Waals surface area contributed by atoms with Crippen LogP contribution in [0.4, 0.5) is 0 Å². The Morgan fingerprint density at radius 3 is 1.85 bits per heavy atom. The number of Topliss-reactive ketones (excluding diaryl/α,β-unsaturated/α-hetero) is 1. The molecule has 0 aromatic rings. The average Bonchev–Trinajstić information content (AvgIpc) is 2.36. The van der Waals surface area contributed by atoms with Crippen LogP contribution in [0.15, 0.2) is 0 Å². The van der Waals surface area contributed by atoms with Crippen LogP contribution in [0.25, 0.3) is 0 Å². The lowest BCUT2D eigenvalue weighted by atomic mass is 9.83. The molecule has 0 aliphatic rings. The summed E-state index contributed by atoms with van der Waals surface area (Å²) >= 11 is 0. The first-order valence-corrected chi connectivity index (χ1v) is 7.39. The standard InChI is InChI=1S/C16H30O4/c1-9-15(5,6)13(17)11(3)19-14(18)12(4)20-16(7,8)10-2/h11-12H,9-10H2,1-8H3/t11-,12-/m0/s1. The highest BCUT2D eigenvalue weighted by Crippen LogP contribution is 2.24. The van der Waals surface area contributed by atoms with Crippen LogP contribution in [-0.4, -0.2) is 29.6 Å². The highest BCUT2D eigenvalue weighted by Gasteiger charge is 2.33. The number of hydrogen-bond donors (Lipinski definition) is 0. The quantitative estimate of drug-likeness (QED) is 0.641. The third-order valence-corrected chi connectivity index (χ3v) is 3.89. The van der Waals surface area contributed by atoms with Crippen molar-refractivity contribution in [1.29, 1.82) is 0 Å². The van der Waals surface area contributed by atoms with Crippen LogP contribution in [0, 0.1) is 5.41 Å². The zero-order chi connectivity index (χ0) is 16.1. The average molecular weight is 286 g/mol. The Labute approximate surface area is 123 Å². The molecular weight excluding hydrogens is 256 g/mol. The van der Waals surface area contributed by atoms with Gasteiger partial charge in [-0.05, 0) is 40.5 Å². The molecule has 4 nitrogen and oxygen atoms in total. The van der Waals surface area contributed by atoms with E-state index < -0.39 is 23.6 Å². The molecule has 0 aliphatic carbocycles. The minimum atomic E-state index is -0.742. The molecule has 0 saturated heterocycles. The molecule has 0 aliphatic heterocycles. The molecule has 0 aromatic carbocycles. The molecule has 20 heavy (non-hydrogen) atoms. The van der Waals surface area contributed by atoms with Gasteiger partial charge in [-0.1, -0.05) is 27.7 Å². The molecule has 0 unspecified atom stereocenters. The van der Waals surface area contributed by atoms with Crippen LogP contribution < -0.4 is 0 Å². The van der Waals surface area contributed by atoms with E-state index in [1.807, 2.05) is 41.5 Å². The Kier molecular flexibility index (Phi) is 6.88. The Hall–Kier alpha value is -0.900.